The third kappa shape index (κ3) is 3.83. The number of fused-ring (bicyclic) bond motifs is 1. The molecule has 2 saturated heterocycles. The monoisotopic (exact) mass is 440 g/mol. The van der Waals surface area contributed by atoms with Crippen LogP contribution in [0.25, 0.3) is 21.9 Å². The standard InChI is InChI=1S/C24H26ClFN4O/c25-19-14-16-17(13-18(19)22-20(26)5-4-6-21(22)31)24(30-11-2-1-3-12-30)29-28-23(16)15-7-9-27-10-8-15/h4-6,13-15,27,31H,1-3,7-12H2. The number of rotatable bonds is 3. The largest absolute Gasteiger partial charge is 0.507 e. The molecule has 5 rings (SSSR count). The molecule has 0 saturated carbocycles. The Morgan fingerprint density at radius 2 is 1.81 bits per heavy atom. The SMILES string of the molecule is Oc1cccc(F)c1-c1cc2c(N3CCCCC3)nnc(C3CCNCC3)c2cc1Cl. The zero-order chi connectivity index (χ0) is 21.4. The molecule has 3 aromatic rings. The summed E-state index contributed by atoms with van der Waals surface area (Å²) in [5, 5.41) is 25.4. The van der Waals surface area contributed by atoms with E-state index in [1.54, 1.807) is 0 Å². The highest BCUT2D eigenvalue weighted by atomic mass is 35.5. The molecule has 2 N–H and O–H groups in total. The van der Waals surface area contributed by atoms with E-state index in [1.807, 2.05) is 12.1 Å². The normalized spacial score (nSPS) is 17.9. The number of halogens is 2. The number of aromatic hydroxyl groups is 1. The van der Waals surface area contributed by atoms with Crippen LogP contribution in [-0.2, 0) is 0 Å². The second-order valence-electron chi connectivity index (χ2n) is 8.49. The Kier molecular flexibility index (Phi) is 5.67. The van der Waals surface area contributed by atoms with Gasteiger partial charge in [-0.15, -0.1) is 5.10 Å². The van der Waals surface area contributed by atoms with E-state index in [1.165, 1.54) is 24.6 Å². The van der Waals surface area contributed by atoms with Crippen LogP contribution in [0.5, 0.6) is 5.75 Å². The van der Waals surface area contributed by atoms with E-state index in [0.717, 1.165) is 74.1 Å². The van der Waals surface area contributed by atoms with Gasteiger partial charge in [0.2, 0.25) is 0 Å². The zero-order valence-corrected chi connectivity index (χ0v) is 18.1. The van der Waals surface area contributed by atoms with Gasteiger partial charge in [-0.3, -0.25) is 0 Å². The van der Waals surface area contributed by atoms with Crippen molar-refractivity contribution in [1.29, 1.82) is 0 Å². The molecule has 31 heavy (non-hydrogen) atoms. The smallest absolute Gasteiger partial charge is 0.159 e. The van der Waals surface area contributed by atoms with E-state index in [2.05, 4.69) is 20.4 Å². The van der Waals surface area contributed by atoms with Crippen LogP contribution in [0, 0.1) is 5.82 Å². The molecule has 162 valence electrons. The molecule has 5 nitrogen and oxygen atoms in total. The Balaban J connectivity index is 1.73. The van der Waals surface area contributed by atoms with Gasteiger partial charge in [0, 0.05) is 40.4 Å². The lowest BCUT2D eigenvalue weighted by Gasteiger charge is -2.30. The van der Waals surface area contributed by atoms with Crippen molar-refractivity contribution >= 4 is 28.2 Å². The van der Waals surface area contributed by atoms with Gasteiger partial charge >= 0.3 is 0 Å². The van der Waals surface area contributed by atoms with Crippen LogP contribution in [0.4, 0.5) is 10.2 Å². The van der Waals surface area contributed by atoms with Gasteiger partial charge in [0.15, 0.2) is 5.82 Å². The lowest BCUT2D eigenvalue weighted by Crippen LogP contribution is -2.31. The molecule has 1 aromatic heterocycles. The number of phenols is 1. The molecule has 3 heterocycles. The number of hydrogen-bond acceptors (Lipinski definition) is 5. The van der Waals surface area contributed by atoms with Crippen molar-refractivity contribution in [3.05, 3.63) is 46.9 Å². The summed E-state index contributed by atoms with van der Waals surface area (Å²) < 4.78 is 14.7. The summed E-state index contributed by atoms with van der Waals surface area (Å²) in [6.45, 7) is 3.77. The first kappa shape index (κ1) is 20.5. The van der Waals surface area contributed by atoms with Crippen molar-refractivity contribution in [2.75, 3.05) is 31.1 Å². The van der Waals surface area contributed by atoms with Gasteiger partial charge in [-0.05, 0) is 69.5 Å². The fourth-order valence-corrected chi connectivity index (χ4v) is 5.14. The lowest BCUT2D eigenvalue weighted by molar-refractivity contribution is 0.453. The van der Waals surface area contributed by atoms with Gasteiger partial charge in [-0.2, -0.15) is 5.10 Å². The van der Waals surface area contributed by atoms with Crippen LogP contribution >= 0.6 is 11.6 Å². The number of phenolic OH excluding ortho intramolecular Hbond substituents is 1. The van der Waals surface area contributed by atoms with E-state index >= 15 is 0 Å². The van der Waals surface area contributed by atoms with E-state index in [0.29, 0.717) is 16.5 Å². The fourth-order valence-electron chi connectivity index (χ4n) is 4.89. The Hall–Kier alpha value is -2.44. The number of benzene rings is 2. The van der Waals surface area contributed by atoms with Gasteiger partial charge in [0.1, 0.15) is 11.6 Å². The molecule has 2 aliphatic heterocycles. The molecule has 0 atom stereocenters. The van der Waals surface area contributed by atoms with E-state index in [4.69, 9.17) is 11.6 Å². The number of hydrogen-bond donors (Lipinski definition) is 2. The van der Waals surface area contributed by atoms with E-state index < -0.39 is 5.82 Å². The molecule has 0 unspecified atom stereocenters. The molecule has 0 amide bonds. The minimum atomic E-state index is -0.499. The third-order valence-electron chi connectivity index (χ3n) is 6.52. The second kappa shape index (κ2) is 8.60. The van der Waals surface area contributed by atoms with Gasteiger partial charge in [0.05, 0.1) is 11.3 Å². The third-order valence-corrected chi connectivity index (χ3v) is 6.83. The first-order chi connectivity index (χ1) is 15.1. The molecule has 0 aliphatic carbocycles. The minimum absolute atomic E-state index is 0.124. The molecular weight excluding hydrogens is 415 g/mol. The highest BCUT2D eigenvalue weighted by molar-refractivity contribution is 6.34. The van der Waals surface area contributed by atoms with Crippen LogP contribution in [0.3, 0.4) is 0 Å². The molecule has 2 aliphatic rings. The minimum Gasteiger partial charge on any atom is -0.507 e. The number of nitrogens with one attached hydrogen (secondary N) is 1. The van der Waals surface area contributed by atoms with E-state index in [-0.39, 0.29) is 11.3 Å². The average molecular weight is 441 g/mol. The number of nitrogens with zero attached hydrogens (tertiary/aromatic N) is 3. The molecular formula is C24H26ClFN4O. The van der Waals surface area contributed by atoms with Crippen molar-refractivity contribution in [2.45, 2.75) is 38.0 Å². The fraction of sp³-hybridized carbons (Fsp3) is 0.417. The summed E-state index contributed by atoms with van der Waals surface area (Å²) in [5.41, 5.74) is 1.56. The quantitative estimate of drug-likeness (QED) is 0.582. The van der Waals surface area contributed by atoms with Gasteiger partial charge in [-0.1, -0.05) is 17.7 Å². The first-order valence-electron chi connectivity index (χ1n) is 11.1. The second-order valence-corrected chi connectivity index (χ2v) is 8.90. The van der Waals surface area contributed by atoms with Gasteiger partial charge in [-0.25, -0.2) is 4.39 Å². The predicted molar refractivity (Wildman–Crippen MR) is 123 cm³/mol. The van der Waals surface area contributed by atoms with Gasteiger partial charge in [0.25, 0.3) is 0 Å². The molecule has 7 heteroatoms. The van der Waals surface area contributed by atoms with Crippen molar-refractivity contribution in [1.82, 2.24) is 15.5 Å². The number of anilines is 1. The van der Waals surface area contributed by atoms with Crippen molar-refractivity contribution < 1.29 is 9.50 Å². The summed E-state index contributed by atoms with van der Waals surface area (Å²) in [4.78, 5) is 2.27. The van der Waals surface area contributed by atoms with Crippen LogP contribution in [0.2, 0.25) is 5.02 Å². The Morgan fingerprint density at radius 3 is 2.55 bits per heavy atom. The maximum absolute atomic E-state index is 14.7. The highest BCUT2D eigenvalue weighted by Gasteiger charge is 2.25. The Labute approximate surface area is 186 Å². The zero-order valence-electron chi connectivity index (χ0n) is 17.4. The summed E-state index contributed by atoms with van der Waals surface area (Å²) >= 11 is 6.68. The molecule has 2 fully saturated rings. The maximum Gasteiger partial charge on any atom is 0.159 e. The summed E-state index contributed by atoms with van der Waals surface area (Å²) in [7, 11) is 0. The highest BCUT2D eigenvalue weighted by Crippen LogP contribution is 2.42. The van der Waals surface area contributed by atoms with Crippen LogP contribution < -0.4 is 10.2 Å². The summed E-state index contributed by atoms with van der Waals surface area (Å²) in [5.74, 6) is 0.513. The Bertz CT molecular complexity index is 1090. The topological polar surface area (TPSA) is 61.3 Å². The average Bonchev–Trinajstić information content (AvgIpc) is 2.80. The van der Waals surface area contributed by atoms with Crippen LogP contribution in [0.15, 0.2) is 30.3 Å². The molecule has 0 radical (unpaired) electrons. The van der Waals surface area contributed by atoms with Gasteiger partial charge < -0.3 is 15.3 Å². The lowest BCUT2D eigenvalue weighted by atomic mass is 9.90. The number of aromatic nitrogens is 2. The van der Waals surface area contributed by atoms with Crippen molar-refractivity contribution in [3.8, 4) is 16.9 Å². The van der Waals surface area contributed by atoms with Crippen LogP contribution in [-0.4, -0.2) is 41.5 Å². The number of piperidine rings is 2. The van der Waals surface area contributed by atoms with Crippen molar-refractivity contribution in [3.63, 3.8) is 0 Å². The first-order valence-corrected chi connectivity index (χ1v) is 11.4. The summed E-state index contributed by atoms with van der Waals surface area (Å²) in [6.07, 6.45) is 5.46. The van der Waals surface area contributed by atoms with Crippen molar-refractivity contribution in [2.24, 2.45) is 0 Å². The van der Waals surface area contributed by atoms with Crippen LogP contribution in [0.1, 0.15) is 43.7 Å². The predicted octanol–water partition coefficient (Wildman–Crippen LogP) is 5.25. The molecule has 0 spiro atoms. The summed E-state index contributed by atoms with van der Waals surface area (Å²) in [6, 6.07) is 8.09. The molecule has 0 bridgehead atoms. The Morgan fingerprint density at radius 1 is 1.03 bits per heavy atom. The molecule has 2 aromatic carbocycles. The van der Waals surface area contributed by atoms with E-state index in [9.17, 15) is 9.50 Å². The maximum atomic E-state index is 14.7.